The van der Waals surface area contributed by atoms with Gasteiger partial charge in [0.1, 0.15) is 12.4 Å². The van der Waals surface area contributed by atoms with Gasteiger partial charge in [0.15, 0.2) is 0 Å². The van der Waals surface area contributed by atoms with Gasteiger partial charge in [0.2, 0.25) is 0 Å². The van der Waals surface area contributed by atoms with Crippen LogP contribution in [0, 0.1) is 0 Å². The Bertz CT molecular complexity index is 1090. The van der Waals surface area contributed by atoms with E-state index in [0.29, 0.717) is 10.9 Å². The molecular formula is C22H18BrClN4O. The molecule has 0 saturated carbocycles. The van der Waals surface area contributed by atoms with Crippen LogP contribution < -0.4 is 11.3 Å². The van der Waals surface area contributed by atoms with E-state index in [1.165, 1.54) is 0 Å². The molecule has 4 rings (SSSR count). The minimum atomic E-state index is -0.306. The molecule has 0 radical (unpaired) electrons. The lowest BCUT2D eigenvalue weighted by Crippen LogP contribution is -2.46. The number of nitrogens with two attached hydrogens (primary N) is 1. The van der Waals surface area contributed by atoms with Crippen LogP contribution in [0.2, 0.25) is 5.02 Å². The average Bonchev–Trinajstić information content (AvgIpc) is 2.73. The number of benzene rings is 3. The van der Waals surface area contributed by atoms with Crippen LogP contribution >= 0.6 is 27.5 Å². The van der Waals surface area contributed by atoms with Crippen LogP contribution in [0.1, 0.15) is 22.7 Å². The van der Waals surface area contributed by atoms with Crippen LogP contribution in [0.5, 0.6) is 0 Å². The summed E-state index contributed by atoms with van der Waals surface area (Å²) in [5.74, 6) is 5.77. The molecule has 1 atom stereocenters. The number of halogens is 2. The molecule has 3 aromatic rings. The van der Waals surface area contributed by atoms with Crippen LogP contribution in [-0.2, 0) is 4.79 Å². The van der Waals surface area contributed by atoms with E-state index in [-0.39, 0.29) is 18.5 Å². The van der Waals surface area contributed by atoms with Crippen molar-refractivity contribution in [1.82, 2.24) is 10.3 Å². The second kappa shape index (κ2) is 8.37. The zero-order chi connectivity index (χ0) is 20.4. The van der Waals surface area contributed by atoms with Gasteiger partial charge in [0.05, 0.1) is 11.7 Å². The molecule has 0 fully saturated rings. The maximum atomic E-state index is 12.3. The average molecular weight is 470 g/mol. The molecule has 0 aliphatic carbocycles. The molecule has 146 valence electrons. The van der Waals surface area contributed by atoms with Crippen LogP contribution in [0.15, 0.2) is 82.3 Å². The Morgan fingerprint density at radius 1 is 1.10 bits per heavy atom. The van der Waals surface area contributed by atoms with Crippen LogP contribution in [-0.4, -0.2) is 23.2 Å². The lowest BCUT2D eigenvalue weighted by molar-refractivity contribution is -0.121. The number of hydrogen-bond acceptors (Lipinski definition) is 4. The lowest BCUT2D eigenvalue weighted by Gasteiger charge is -2.38. The highest BCUT2D eigenvalue weighted by molar-refractivity contribution is 9.10. The van der Waals surface area contributed by atoms with E-state index in [1.54, 1.807) is 0 Å². The van der Waals surface area contributed by atoms with Crippen molar-refractivity contribution >= 4 is 45.0 Å². The van der Waals surface area contributed by atoms with Crippen molar-refractivity contribution in [3.63, 3.8) is 0 Å². The van der Waals surface area contributed by atoms with Crippen molar-refractivity contribution in [2.75, 3.05) is 6.54 Å². The van der Waals surface area contributed by atoms with Crippen LogP contribution in [0.3, 0.4) is 0 Å². The smallest absolute Gasteiger partial charge is 0.253 e. The summed E-state index contributed by atoms with van der Waals surface area (Å²) in [7, 11) is 0. The summed E-state index contributed by atoms with van der Waals surface area (Å²) >= 11 is 9.80. The number of carbonyl (C=O) groups excluding carboxylic acids is 1. The molecular weight excluding hydrogens is 452 g/mol. The minimum Gasteiger partial charge on any atom is -0.336 e. The molecule has 3 N–H and O–H groups in total. The molecule has 7 heteroatoms. The van der Waals surface area contributed by atoms with E-state index >= 15 is 0 Å². The first-order chi connectivity index (χ1) is 14.1. The van der Waals surface area contributed by atoms with E-state index in [9.17, 15) is 4.79 Å². The van der Waals surface area contributed by atoms with Crippen molar-refractivity contribution in [1.29, 1.82) is 0 Å². The van der Waals surface area contributed by atoms with Gasteiger partial charge < -0.3 is 4.90 Å². The number of hydrazine groups is 1. The van der Waals surface area contributed by atoms with Gasteiger partial charge in [-0.1, -0.05) is 70.0 Å². The standard InChI is InChI=1S/C22H18BrClN4O/c23-16-9-10-19-18(12-16)21(14-5-2-1-3-6-14)28(13-20(29)27-25)22(26-19)15-7-4-8-17(24)11-15/h1-12,21H,13,25H2,(H,27,29)/t21-/m1/s1. The van der Waals surface area contributed by atoms with Gasteiger partial charge in [0.25, 0.3) is 5.91 Å². The number of nitrogens with zero attached hydrogens (tertiary/aromatic N) is 2. The number of aliphatic imine (C=N–C) groups is 1. The third-order valence-electron chi connectivity index (χ3n) is 4.77. The first-order valence-corrected chi connectivity index (χ1v) is 10.2. The molecule has 0 aromatic heterocycles. The molecule has 5 nitrogen and oxygen atoms in total. The molecule has 1 heterocycles. The molecule has 29 heavy (non-hydrogen) atoms. The number of hydrogen-bond donors (Lipinski definition) is 2. The molecule has 1 amide bonds. The summed E-state index contributed by atoms with van der Waals surface area (Å²) in [6.45, 7) is 0.0490. The van der Waals surface area contributed by atoms with Crippen molar-refractivity contribution in [3.8, 4) is 0 Å². The number of carbonyl (C=O) groups is 1. The second-order valence-corrected chi connectivity index (χ2v) is 8.01. The monoisotopic (exact) mass is 468 g/mol. The number of rotatable bonds is 4. The fourth-order valence-corrected chi connectivity index (χ4v) is 4.10. The maximum Gasteiger partial charge on any atom is 0.253 e. The van der Waals surface area contributed by atoms with Gasteiger partial charge in [0, 0.05) is 20.6 Å². The first kappa shape index (κ1) is 19.6. The van der Waals surface area contributed by atoms with E-state index in [4.69, 9.17) is 22.4 Å². The summed E-state index contributed by atoms with van der Waals surface area (Å²) in [6, 6.07) is 23.3. The summed E-state index contributed by atoms with van der Waals surface area (Å²) in [5.41, 5.74) is 5.96. The van der Waals surface area contributed by atoms with Crippen LogP contribution in [0.25, 0.3) is 0 Å². The molecule has 0 spiro atoms. The van der Waals surface area contributed by atoms with Crippen molar-refractivity contribution in [3.05, 3.63) is 99.0 Å². The Kier molecular flexibility index (Phi) is 5.67. The zero-order valence-electron chi connectivity index (χ0n) is 15.3. The molecule has 0 unspecified atom stereocenters. The summed E-state index contributed by atoms with van der Waals surface area (Å²) in [4.78, 5) is 19.2. The van der Waals surface area contributed by atoms with E-state index in [1.807, 2.05) is 77.7 Å². The predicted molar refractivity (Wildman–Crippen MR) is 119 cm³/mol. The normalized spacial score (nSPS) is 15.5. The quantitative estimate of drug-likeness (QED) is 0.334. The fourth-order valence-electron chi connectivity index (χ4n) is 3.53. The maximum absolute atomic E-state index is 12.3. The topological polar surface area (TPSA) is 70.7 Å². The summed E-state index contributed by atoms with van der Waals surface area (Å²) in [6.07, 6.45) is 0. The van der Waals surface area contributed by atoms with Gasteiger partial charge in [-0.15, -0.1) is 0 Å². The predicted octanol–water partition coefficient (Wildman–Crippen LogP) is 4.58. The minimum absolute atomic E-state index is 0.0490. The van der Waals surface area contributed by atoms with Crippen molar-refractivity contribution in [2.45, 2.75) is 6.04 Å². The number of fused-ring (bicyclic) bond motifs is 1. The van der Waals surface area contributed by atoms with Crippen LogP contribution in [0.4, 0.5) is 5.69 Å². The van der Waals surface area contributed by atoms with E-state index in [0.717, 1.165) is 26.9 Å². The summed E-state index contributed by atoms with van der Waals surface area (Å²) < 4.78 is 0.946. The van der Waals surface area contributed by atoms with Gasteiger partial charge in [-0.2, -0.15) is 0 Å². The summed E-state index contributed by atoms with van der Waals surface area (Å²) in [5, 5.41) is 0.603. The third-order valence-corrected chi connectivity index (χ3v) is 5.50. The number of amidine groups is 1. The highest BCUT2D eigenvalue weighted by Gasteiger charge is 2.33. The highest BCUT2D eigenvalue weighted by Crippen LogP contribution is 2.41. The lowest BCUT2D eigenvalue weighted by atomic mass is 9.93. The zero-order valence-corrected chi connectivity index (χ0v) is 17.7. The van der Waals surface area contributed by atoms with Crippen molar-refractivity contribution < 1.29 is 4.79 Å². The Morgan fingerprint density at radius 2 is 1.90 bits per heavy atom. The van der Waals surface area contributed by atoms with Gasteiger partial charge in [-0.3, -0.25) is 10.2 Å². The van der Waals surface area contributed by atoms with Gasteiger partial charge in [-0.25, -0.2) is 10.8 Å². The molecule has 0 saturated heterocycles. The fraction of sp³-hybridized carbons (Fsp3) is 0.0909. The number of amides is 1. The SMILES string of the molecule is NNC(=O)CN1C(c2cccc(Cl)c2)=Nc2ccc(Br)cc2[C@H]1c1ccccc1. The molecule has 0 bridgehead atoms. The number of nitrogens with one attached hydrogen (secondary N) is 1. The second-order valence-electron chi connectivity index (χ2n) is 6.66. The molecule has 1 aliphatic rings. The molecule has 3 aromatic carbocycles. The Labute approximate surface area is 182 Å². The van der Waals surface area contributed by atoms with E-state index < -0.39 is 0 Å². The molecule has 1 aliphatic heterocycles. The van der Waals surface area contributed by atoms with Gasteiger partial charge in [-0.05, 0) is 35.9 Å². The van der Waals surface area contributed by atoms with Gasteiger partial charge >= 0.3 is 0 Å². The highest BCUT2D eigenvalue weighted by atomic mass is 79.9. The Morgan fingerprint density at radius 3 is 2.62 bits per heavy atom. The first-order valence-electron chi connectivity index (χ1n) is 9.02. The van der Waals surface area contributed by atoms with E-state index in [2.05, 4.69) is 21.4 Å². The van der Waals surface area contributed by atoms with Crippen molar-refractivity contribution in [2.24, 2.45) is 10.8 Å². The Hall–Kier alpha value is -2.67. The Balaban J connectivity index is 1.95. The third kappa shape index (κ3) is 4.05. The largest absolute Gasteiger partial charge is 0.336 e.